The van der Waals surface area contributed by atoms with Gasteiger partial charge in [0.2, 0.25) is 5.13 Å². The number of hydrogen-bond donors (Lipinski definition) is 1. The molecule has 0 aliphatic rings. The molecule has 0 saturated heterocycles. The molecule has 0 unspecified atom stereocenters. The molecule has 4 nitrogen and oxygen atoms in total. The van der Waals surface area contributed by atoms with Crippen molar-refractivity contribution in [3.8, 4) is 18.1 Å². The van der Waals surface area contributed by atoms with Crippen LogP contribution < -0.4 is 10.2 Å². The molecule has 5 heteroatoms. The maximum absolute atomic E-state index is 5.68. The zero-order chi connectivity index (χ0) is 17.8. The van der Waals surface area contributed by atoms with Crippen LogP contribution in [0.25, 0.3) is 21.0 Å². The zero-order valence-electron chi connectivity index (χ0n) is 13.8. The Bertz CT molecular complexity index is 1110. The highest BCUT2D eigenvalue weighted by atomic mass is 32.1. The Hall–Kier alpha value is -3.36. The highest BCUT2D eigenvalue weighted by Crippen LogP contribution is 2.28. The largest absolute Gasteiger partial charge is 0.480 e. The normalized spacial score (nSPS) is 11.0. The number of ether oxygens (including phenoxy) is 1. The maximum atomic E-state index is 5.68. The van der Waals surface area contributed by atoms with Gasteiger partial charge >= 0.3 is 0 Å². The molecule has 4 rings (SSSR count). The summed E-state index contributed by atoms with van der Waals surface area (Å²) in [5, 5.41) is 7.28. The Morgan fingerprint density at radius 2 is 1.96 bits per heavy atom. The minimum Gasteiger partial charge on any atom is -0.480 e. The fourth-order valence-electron chi connectivity index (χ4n) is 2.73. The Morgan fingerprint density at radius 3 is 2.85 bits per heavy atom. The van der Waals surface area contributed by atoms with Crippen LogP contribution in [0.15, 0.2) is 65.8 Å². The monoisotopic (exact) mass is 357 g/mol. The lowest BCUT2D eigenvalue weighted by molar-refractivity contribution is 0.370. The Morgan fingerprint density at radius 1 is 1.12 bits per heavy atom. The third-order valence-electron chi connectivity index (χ3n) is 3.89. The zero-order valence-corrected chi connectivity index (χ0v) is 14.7. The molecule has 4 aromatic rings. The number of benzene rings is 3. The fraction of sp³-hybridized carbons (Fsp3) is 0.0476. The van der Waals surface area contributed by atoms with Gasteiger partial charge in [0.25, 0.3) is 0 Å². The first-order valence-corrected chi connectivity index (χ1v) is 8.89. The first-order chi connectivity index (χ1) is 12.8. The van der Waals surface area contributed by atoms with E-state index in [2.05, 4.69) is 27.5 Å². The number of para-hydroxylation sites is 1. The van der Waals surface area contributed by atoms with E-state index in [1.165, 1.54) is 0 Å². The van der Waals surface area contributed by atoms with E-state index in [1.54, 1.807) is 17.6 Å². The molecular formula is C21H15N3OS. The van der Waals surface area contributed by atoms with Crippen molar-refractivity contribution in [1.82, 2.24) is 4.98 Å². The summed E-state index contributed by atoms with van der Waals surface area (Å²) < 4.78 is 6.80. The van der Waals surface area contributed by atoms with E-state index in [-0.39, 0.29) is 6.61 Å². The van der Waals surface area contributed by atoms with Gasteiger partial charge in [-0.25, -0.2) is 4.98 Å². The molecule has 0 spiro atoms. The number of nitrogens with one attached hydrogen (secondary N) is 1. The number of aromatic nitrogens is 1. The van der Waals surface area contributed by atoms with Crippen molar-refractivity contribution in [1.29, 1.82) is 0 Å². The summed E-state index contributed by atoms with van der Waals surface area (Å²) in [6.07, 6.45) is 7.07. The van der Waals surface area contributed by atoms with E-state index >= 15 is 0 Å². The van der Waals surface area contributed by atoms with Gasteiger partial charge < -0.3 is 4.74 Å². The van der Waals surface area contributed by atoms with Gasteiger partial charge in [-0.05, 0) is 29.0 Å². The topological polar surface area (TPSA) is 46.5 Å². The van der Waals surface area contributed by atoms with Crippen LogP contribution in [0, 0.1) is 12.3 Å². The second-order valence-corrected chi connectivity index (χ2v) is 6.58. The van der Waals surface area contributed by atoms with Gasteiger partial charge in [0.15, 0.2) is 0 Å². The van der Waals surface area contributed by atoms with Crippen molar-refractivity contribution in [2.75, 3.05) is 12.0 Å². The summed E-state index contributed by atoms with van der Waals surface area (Å²) in [4.78, 5) is 4.51. The molecule has 0 fully saturated rings. The van der Waals surface area contributed by atoms with Crippen molar-refractivity contribution in [2.24, 2.45) is 5.10 Å². The number of rotatable bonds is 5. The molecule has 26 heavy (non-hydrogen) atoms. The predicted molar refractivity (Wildman–Crippen MR) is 109 cm³/mol. The molecule has 3 aromatic carbocycles. The molecule has 0 radical (unpaired) electrons. The van der Waals surface area contributed by atoms with E-state index < -0.39 is 0 Å². The van der Waals surface area contributed by atoms with E-state index in [4.69, 9.17) is 11.2 Å². The molecule has 0 atom stereocenters. The molecule has 0 bridgehead atoms. The van der Waals surface area contributed by atoms with E-state index in [0.29, 0.717) is 5.75 Å². The first-order valence-electron chi connectivity index (χ1n) is 8.08. The van der Waals surface area contributed by atoms with Crippen molar-refractivity contribution >= 4 is 43.7 Å². The summed E-state index contributed by atoms with van der Waals surface area (Å²) >= 11 is 1.56. The van der Waals surface area contributed by atoms with Crippen molar-refractivity contribution in [3.63, 3.8) is 0 Å². The van der Waals surface area contributed by atoms with Gasteiger partial charge in [-0.15, -0.1) is 6.42 Å². The Kier molecular flexibility index (Phi) is 4.50. The number of anilines is 1. The van der Waals surface area contributed by atoms with Crippen LogP contribution in [0.2, 0.25) is 0 Å². The third kappa shape index (κ3) is 3.23. The SMILES string of the molecule is C#CCOc1ccc2ccccc2c1/C=N\Nc1nc2ccccc2s1. The van der Waals surface area contributed by atoms with Crippen LogP contribution in [0.3, 0.4) is 0 Å². The molecule has 0 aliphatic heterocycles. The second-order valence-electron chi connectivity index (χ2n) is 5.55. The fourth-order valence-corrected chi connectivity index (χ4v) is 3.54. The maximum Gasteiger partial charge on any atom is 0.204 e. The van der Waals surface area contributed by atoms with Gasteiger partial charge in [0, 0.05) is 5.56 Å². The average molecular weight is 357 g/mol. The number of nitrogens with zero attached hydrogens (tertiary/aromatic N) is 2. The summed E-state index contributed by atoms with van der Waals surface area (Å²) in [5.74, 6) is 3.20. The van der Waals surface area contributed by atoms with E-state index in [9.17, 15) is 0 Å². The van der Waals surface area contributed by atoms with Gasteiger partial charge in [-0.3, -0.25) is 5.43 Å². The number of fused-ring (bicyclic) bond motifs is 2. The van der Waals surface area contributed by atoms with Crippen molar-refractivity contribution in [2.45, 2.75) is 0 Å². The van der Waals surface area contributed by atoms with Crippen molar-refractivity contribution in [3.05, 3.63) is 66.2 Å². The van der Waals surface area contributed by atoms with Crippen LogP contribution in [0.5, 0.6) is 5.75 Å². The highest BCUT2D eigenvalue weighted by molar-refractivity contribution is 7.22. The molecule has 126 valence electrons. The predicted octanol–water partition coefficient (Wildman–Crippen LogP) is 4.91. The highest BCUT2D eigenvalue weighted by Gasteiger charge is 2.07. The quantitative estimate of drug-likeness (QED) is 0.314. The molecule has 1 aromatic heterocycles. The van der Waals surface area contributed by atoms with Crippen LogP contribution in [-0.4, -0.2) is 17.8 Å². The van der Waals surface area contributed by atoms with Crippen LogP contribution in [-0.2, 0) is 0 Å². The molecule has 0 amide bonds. The van der Waals surface area contributed by atoms with Gasteiger partial charge in [-0.1, -0.05) is 59.7 Å². The van der Waals surface area contributed by atoms with Gasteiger partial charge in [-0.2, -0.15) is 5.10 Å². The minimum atomic E-state index is 0.213. The molecule has 1 heterocycles. The summed E-state index contributed by atoms with van der Waals surface area (Å²) in [7, 11) is 0. The minimum absolute atomic E-state index is 0.213. The van der Waals surface area contributed by atoms with Crippen LogP contribution in [0.1, 0.15) is 5.56 Å². The third-order valence-corrected chi connectivity index (χ3v) is 4.83. The summed E-state index contributed by atoms with van der Waals surface area (Å²) in [6.45, 7) is 0.213. The number of hydrazone groups is 1. The number of hydrogen-bond acceptors (Lipinski definition) is 5. The smallest absolute Gasteiger partial charge is 0.204 e. The van der Waals surface area contributed by atoms with Crippen LogP contribution in [0.4, 0.5) is 5.13 Å². The summed E-state index contributed by atoms with van der Waals surface area (Å²) in [5.41, 5.74) is 4.85. The lowest BCUT2D eigenvalue weighted by Crippen LogP contribution is -1.99. The lowest BCUT2D eigenvalue weighted by atomic mass is 10.0. The number of thiazole rings is 1. The van der Waals surface area contributed by atoms with Gasteiger partial charge in [0.1, 0.15) is 12.4 Å². The van der Waals surface area contributed by atoms with Gasteiger partial charge in [0.05, 0.1) is 16.4 Å². The first kappa shape index (κ1) is 16.1. The lowest BCUT2D eigenvalue weighted by Gasteiger charge is -2.09. The number of terminal acetylenes is 1. The average Bonchev–Trinajstić information content (AvgIpc) is 3.10. The molecular weight excluding hydrogens is 342 g/mol. The Balaban J connectivity index is 1.66. The van der Waals surface area contributed by atoms with Crippen LogP contribution >= 0.6 is 11.3 Å². The Labute approximate surface area is 155 Å². The second kappa shape index (κ2) is 7.26. The molecule has 0 saturated carbocycles. The van der Waals surface area contributed by atoms with Crippen molar-refractivity contribution < 1.29 is 4.74 Å². The van der Waals surface area contributed by atoms with E-state index in [0.717, 1.165) is 31.7 Å². The summed E-state index contributed by atoms with van der Waals surface area (Å²) in [6, 6.07) is 20.0. The van der Waals surface area contributed by atoms with E-state index in [1.807, 2.05) is 54.6 Å². The standard InChI is InChI=1S/C21H15N3OS/c1-2-13-25-19-12-11-15-7-3-4-8-16(15)17(19)14-22-24-21-23-18-9-5-6-10-20(18)26-21/h1,3-12,14H,13H2,(H,23,24)/b22-14-. The molecule has 1 N–H and O–H groups in total. The molecule has 0 aliphatic carbocycles.